The lowest BCUT2D eigenvalue weighted by atomic mass is 10.2. The van der Waals surface area contributed by atoms with Crippen LogP contribution in [0.5, 0.6) is 0 Å². The Morgan fingerprint density at radius 1 is 1.32 bits per heavy atom. The lowest BCUT2D eigenvalue weighted by Gasteiger charge is -2.25. The van der Waals surface area contributed by atoms with Gasteiger partial charge in [-0.3, -0.25) is 4.79 Å². The van der Waals surface area contributed by atoms with E-state index in [4.69, 9.17) is 5.26 Å². The van der Waals surface area contributed by atoms with E-state index >= 15 is 0 Å². The van der Waals surface area contributed by atoms with E-state index in [1.165, 1.54) is 4.31 Å². The molecule has 0 atom stereocenters. The molecule has 0 spiro atoms. The first-order chi connectivity index (χ1) is 13.4. The van der Waals surface area contributed by atoms with Crippen molar-refractivity contribution < 1.29 is 13.2 Å². The zero-order chi connectivity index (χ0) is 20.1. The van der Waals surface area contributed by atoms with Gasteiger partial charge in [0, 0.05) is 24.0 Å². The Labute approximate surface area is 168 Å². The third kappa shape index (κ3) is 4.79. The number of carbonyl (C=O) groups excluding carboxylic acids is 1. The standard InChI is InChI=1S/C18H23N5O3S2/c1-14-12-16(23(21-14)11-5-8-19)20-17(24)13-15-6-7-18(27-15)28(25,26)22-9-3-2-4-10-22/h6-7,12H,2-5,9-11,13H2,1H3,(H,20,24). The minimum absolute atomic E-state index is 0.0860. The number of rotatable bonds is 7. The number of piperidine rings is 1. The fraction of sp³-hybridized carbons (Fsp3) is 0.500. The van der Waals surface area contributed by atoms with Crippen LogP contribution >= 0.6 is 11.3 Å². The molecule has 0 saturated carbocycles. The van der Waals surface area contributed by atoms with Crippen molar-refractivity contribution in [3.63, 3.8) is 0 Å². The van der Waals surface area contributed by atoms with Crippen molar-refractivity contribution in [2.24, 2.45) is 0 Å². The van der Waals surface area contributed by atoms with Crippen molar-refractivity contribution in [1.82, 2.24) is 14.1 Å². The lowest BCUT2D eigenvalue weighted by molar-refractivity contribution is -0.115. The van der Waals surface area contributed by atoms with Gasteiger partial charge in [-0.25, -0.2) is 13.1 Å². The second-order valence-electron chi connectivity index (χ2n) is 6.71. The fourth-order valence-electron chi connectivity index (χ4n) is 3.14. The molecule has 0 unspecified atom stereocenters. The van der Waals surface area contributed by atoms with Crippen molar-refractivity contribution in [3.05, 3.63) is 28.8 Å². The minimum atomic E-state index is -3.47. The van der Waals surface area contributed by atoms with E-state index < -0.39 is 10.0 Å². The Balaban J connectivity index is 1.65. The summed E-state index contributed by atoms with van der Waals surface area (Å²) in [7, 11) is -3.47. The lowest BCUT2D eigenvalue weighted by Crippen LogP contribution is -2.35. The second-order valence-corrected chi connectivity index (χ2v) is 10.0. The maximum Gasteiger partial charge on any atom is 0.252 e. The van der Waals surface area contributed by atoms with Crippen LogP contribution in [0.3, 0.4) is 0 Å². The van der Waals surface area contributed by atoms with Crippen LogP contribution < -0.4 is 5.32 Å². The Morgan fingerprint density at radius 3 is 2.79 bits per heavy atom. The van der Waals surface area contributed by atoms with Gasteiger partial charge in [0.15, 0.2) is 0 Å². The molecule has 0 radical (unpaired) electrons. The highest BCUT2D eigenvalue weighted by atomic mass is 32.2. The van der Waals surface area contributed by atoms with Gasteiger partial charge in [0.2, 0.25) is 5.91 Å². The molecule has 0 bridgehead atoms. The molecule has 1 fully saturated rings. The van der Waals surface area contributed by atoms with E-state index in [1.54, 1.807) is 22.9 Å². The molecule has 3 heterocycles. The molecule has 10 heteroatoms. The number of thiophene rings is 1. The van der Waals surface area contributed by atoms with Gasteiger partial charge >= 0.3 is 0 Å². The number of aromatic nitrogens is 2. The Hall–Kier alpha value is -2.22. The van der Waals surface area contributed by atoms with E-state index in [-0.39, 0.29) is 16.5 Å². The molecule has 3 rings (SSSR count). The third-order valence-corrected chi connectivity index (χ3v) is 7.94. The molecule has 0 aromatic carbocycles. The number of carbonyl (C=O) groups is 1. The van der Waals surface area contributed by atoms with E-state index in [0.29, 0.717) is 36.8 Å². The summed E-state index contributed by atoms with van der Waals surface area (Å²) >= 11 is 1.14. The summed E-state index contributed by atoms with van der Waals surface area (Å²) in [6.45, 7) is 3.33. The molecule has 1 N–H and O–H groups in total. The Bertz CT molecular complexity index is 981. The molecular formula is C18H23N5O3S2. The number of hydrogen-bond acceptors (Lipinski definition) is 6. The molecule has 150 valence electrons. The van der Waals surface area contributed by atoms with Gasteiger partial charge in [0.25, 0.3) is 10.0 Å². The van der Waals surface area contributed by atoms with Crippen LogP contribution in [-0.2, 0) is 27.8 Å². The number of nitriles is 1. The van der Waals surface area contributed by atoms with Crippen LogP contribution in [0.1, 0.15) is 36.3 Å². The van der Waals surface area contributed by atoms with Gasteiger partial charge in [-0.05, 0) is 31.9 Å². The molecule has 1 aliphatic heterocycles. The van der Waals surface area contributed by atoms with Crippen molar-refractivity contribution in [1.29, 1.82) is 5.26 Å². The number of hydrogen-bond donors (Lipinski definition) is 1. The van der Waals surface area contributed by atoms with E-state index in [2.05, 4.69) is 16.5 Å². The largest absolute Gasteiger partial charge is 0.311 e. The SMILES string of the molecule is Cc1cc(NC(=O)Cc2ccc(S(=O)(=O)N3CCCCC3)s2)n(CCC#N)n1. The smallest absolute Gasteiger partial charge is 0.252 e. The highest BCUT2D eigenvalue weighted by Crippen LogP contribution is 2.27. The monoisotopic (exact) mass is 421 g/mol. The van der Waals surface area contributed by atoms with Gasteiger partial charge in [-0.2, -0.15) is 14.7 Å². The second kappa shape index (κ2) is 8.86. The number of aryl methyl sites for hydroxylation is 2. The molecule has 1 aliphatic rings. The van der Waals surface area contributed by atoms with Gasteiger partial charge < -0.3 is 5.32 Å². The zero-order valence-electron chi connectivity index (χ0n) is 15.7. The maximum absolute atomic E-state index is 12.7. The van der Waals surface area contributed by atoms with Crippen molar-refractivity contribution >= 4 is 33.1 Å². The van der Waals surface area contributed by atoms with Crippen molar-refractivity contribution in [2.45, 2.75) is 49.8 Å². The summed E-state index contributed by atoms with van der Waals surface area (Å²) in [5.74, 6) is 0.289. The first-order valence-corrected chi connectivity index (χ1v) is 11.5. The topological polar surface area (TPSA) is 108 Å². The average molecular weight is 422 g/mol. The fourth-order valence-corrected chi connectivity index (χ4v) is 6.17. The minimum Gasteiger partial charge on any atom is -0.311 e. The van der Waals surface area contributed by atoms with Gasteiger partial charge in [0.05, 0.1) is 31.1 Å². The molecule has 1 amide bonds. The first-order valence-electron chi connectivity index (χ1n) is 9.20. The summed E-state index contributed by atoms with van der Waals surface area (Å²) in [6, 6.07) is 7.08. The zero-order valence-corrected chi connectivity index (χ0v) is 17.4. The maximum atomic E-state index is 12.7. The quantitative estimate of drug-likeness (QED) is 0.739. The van der Waals surface area contributed by atoms with Gasteiger partial charge in [0.1, 0.15) is 10.0 Å². The number of amides is 1. The molecule has 1 saturated heterocycles. The normalized spacial score (nSPS) is 15.3. The number of nitrogens with zero attached hydrogens (tertiary/aromatic N) is 4. The molecule has 8 nitrogen and oxygen atoms in total. The predicted octanol–water partition coefficient (Wildman–Crippen LogP) is 2.52. The average Bonchev–Trinajstić information content (AvgIpc) is 3.27. The Kier molecular flexibility index (Phi) is 6.49. The van der Waals surface area contributed by atoms with Crippen LogP contribution in [0.2, 0.25) is 0 Å². The summed E-state index contributed by atoms with van der Waals surface area (Å²) in [6.07, 6.45) is 3.22. The Morgan fingerprint density at radius 2 is 2.07 bits per heavy atom. The highest BCUT2D eigenvalue weighted by molar-refractivity contribution is 7.91. The molecule has 0 aliphatic carbocycles. The van der Waals surface area contributed by atoms with Gasteiger partial charge in [-0.1, -0.05) is 6.42 Å². The molecule has 2 aromatic heterocycles. The van der Waals surface area contributed by atoms with E-state index in [9.17, 15) is 13.2 Å². The van der Waals surface area contributed by atoms with Crippen LogP contribution in [0.4, 0.5) is 5.82 Å². The summed E-state index contributed by atoms with van der Waals surface area (Å²) in [5, 5.41) is 15.8. The first kappa shape index (κ1) is 20.5. The van der Waals surface area contributed by atoms with E-state index in [1.807, 2.05) is 6.92 Å². The number of nitrogens with one attached hydrogen (secondary N) is 1. The van der Waals surface area contributed by atoms with Crippen LogP contribution in [-0.4, -0.2) is 41.5 Å². The molecule has 28 heavy (non-hydrogen) atoms. The van der Waals surface area contributed by atoms with Crippen molar-refractivity contribution in [2.75, 3.05) is 18.4 Å². The molecular weight excluding hydrogens is 398 g/mol. The third-order valence-electron chi connectivity index (χ3n) is 4.49. The highest BCUT2D eigenvalue weighted by Gasteiger charge is 2.27. The van der Waals surface area contributed by atoms with Crippen molar-refractivity contribution in [3.8, 4) is 6.07 Å². The molecule has 2 aromatic rings. The van der Waals surface area contributed by atoms with Gasteiger partial charge in [-0.15, -0.1) is 11.3 Å². The van der Waals surface area contributed by atoms with Crippen LogP contribution in [0, 0.1) is 18.3 Å². The number of sulfonamides is 1. The van der Waals surface area contributed by atoms with Crippen LogP contribution in [0.15, 0.2) is 22.4 Å². The number of anilines is 1. The summed E-state index contributed by atoms with van der Waals surface area (Å²) in [5.41, 5.74) is 0.749. The summed E-state index contributed by atoms with van der Waals surface area (Å²) in [4.78, 5) is 13.1. The summed E-state index contributed by atoms with van der Waals surface area (Å²) < 4.78 is 28.9. The van der Waals surface area contributed by atoms with E-state index in [0.717, 1.165) is 36.3 Å². The predicted molar refractivity (Wildman–Crippen MR) is 106 cm³/mol. The van der Waals surface area contributed by atoms with Crippen LogP contribution in [0.25, 0.3) is 0 Å².